The van der Waals surface area contributed by atoms with Crippen molar-refractivity contribution in [3.8, 4) is 12.3 Å². The second-order valence-electron chi connectivity index (χ2n) is 3.41. The SMILES string of the molecule is C#CCCCC(=O)c1ccc(C(F)(F)F)cn1. The Kier molecular flexibility index (Phi) is 4.27. The minimum atomic E-state index is -4.43. The van der Waals surface area contributed by atoms with E-state index >= 15 is 0 Å². The van der Waals surface area contributed by atoms with Crippen molar-refractivity contribution in [3.05, 3.63) is 29.6 Å². The van der Waals surface area contributed by atoms with Gasteiger partial charge in [-0.1, -0.05) is 0 Å². The standard InChI is InChI=1S/C12H10F3NO/c1-2-3-4-5-11(17)10-7-6-9(8-16-10)12(13,14)15/h1,6-8H,3-5H2. The fourth-order valence-electron chi connectivity index (χ4n) is 1.21. The van der Waals surface area contributed by atoms with Gasteiger partial charge in [0.15, 0.2) is 5.78 Å². The Balaban J connectivity index is 2.68. The van der Waals surface area contributed by atoms with Crippen molar-refractivity contribution in [1.29, 1.82) is 0 Å². The predicted octanol–water partition coefficient (Wildman–Crippen LogP) is 3.09. The molecule has 0 fully saturated rings. The number of terminal acetylenes is 1. The van der Waals surface area contributed by atoms with E-state index in [9.17, 15) is 18.0 Å². The number of Topliss-reactive ketones (excluding diaryl/α,β-unsaturated/α-hetero) is 1. The first-order valence-corrected chi connectivity index (χ1v) is 4.95. The van der Waals surface area contributed by atoms with Crippen LogP contribution in [0, 0.1) is 12.3 Å². The number of aromatic nitrogens is 1. The van der Waals surface area contributed by atoms with E-state index in [2.05, 4.69) is 10.9 Å². The third kappa shape index (κ3) is 3.91. The van der Waals surface area contributed by atoms with Gasteiger partial charge in [-0.3, -0.25) is 9.78 Å². The number of pyridine rings is 1. The van der Waals surface area contributed by atoms with Gasteiger partial charge >= 0.3 is 6.18 Å². The van der Waals surface area contributed by atoms with E-state index in [-0.39, 0.29) is 17.9 Å². The maximum absolute atomic E-state index is 12.2. The summed E-state index contributed by atoms with van der Waals surface area (Å²) in [5.41, 5.74) is -0.826. The van der Waals surface area contributed by atoms with Crippen molar-refractivity contribution in [2.45, 2.75) is 25.4 Å². The van der Waals surface area contributed by atoms with Crippen molar-refractivity contribution in [2.24, 2.45) is 0 Å². The molecule has 0 aromatic carbocycles. The number of rotatable bonds is 4. The number of halogens is 3. The lowest BCUT2D eigenvalue weighted by molar-refractivity contribution is -0.137. The maximum atomic E-state index is 12.2. The van der Waals surface area contributed by atoms with Gasteiger partial charge in [0.1, 0.15) is 5.69 Å². The largest absolute Gasteiger partial charge is 0.417 e. The number of carbonyl (C=O) groups excluding carboxylic acids is 1. The maximum Gasteiger partial charge on any atom is 0.417 e. The number of ketones is 1. The van der Waals surface area contributed by atoms with Crippen molar-refractivity contribution < 1.29 is 18.0 Å². The Morgan fingerprint density at radius 2 is 2.12 bits per heavy atom. The average molecular weight is 241 g/mol. The zero-order valence-electron chi connectivity index (χ0n) is 8.92. The summed E-state index contributed by atoms with van der Waals surface area (Å²) >= 11 is 0. The molecule has 5 heteroatoms. The highest BCUT2D eigenvalue weighted by Gasteiger charge is 2.30. The van der Waals surface area contributed by atoms with Crippen LogP contribution in [-0.4, -0.2) is 10.8 Å². The van der Waals surface area contributed by atoms with Gasteiger partial charge in [0.25, 0.3) is 0 Å². The second-order valence-corrected chi connectivity index (χ2v) is 3.41. The summed E-state index contributed by atoms with van der Waals surface area (Å²) < 4.78 is 36.7. The first kappa shape index (κ1) is 13.2. The summed E-state index contributed by atoms with van der Waals surface area (Å²) in [5.74, 6) is 2.08. The number of alkyl halides is 3. The Morgan fingerprint density at radius 3 is 2.59 bits per heavy atom. The van der Waals surface area contributed by atoms with E-state index in [4.69, 9.17) is 6.42 Å². The normalized spacial score (nSPS) is 10.9. The van der Waals surface area contributed by atoms with Crippen LogP contribution < -0.4 is 0 Å². The summed E-state index contributed by atoms with van der Waals surface area (Å²) in [6.45, 7) is 0. The fourth-order valence-corrected chi connectivity index (χ4v) is 1.21. The molecule has 0 saturated heterocycles. The summed E-state index contributed by atoms with van der Waals surface area (Å²) in [7, 11) is 0. The first-order valence-electron chi connectivity index (χ1n) is 4.95. The molecule has 0 saturated carbocycles. The van der Waals surface area contributed by atoms with Gasteiger partial charge in [-0.25, -0.2) is 0 Å². The van der Waals surface area contributed by atoms with Gasteiger partial charge in [0.2, 0.25) is 0 Å². The van der Waals surface area contributed by atoms with E-state index in [0.29, 0.717) is 19.0 Å². The molecule has 90 valence electrons. The lowest BCUT2D eigenvalue weighted by atomic mass is 10.1. The van der Waals surface area contributed by atoms with Crippen LogP contribution in [0.2, 0.25) is 0 Å². The Labute approximate surface area is 96.9 Å². The van der Waals surface area contributed by atoms with Gasteiger partial charge in [0, 0.05) is 19.0 Å². The zero-order valence-corrected chi connectivity index (χ0v) is 8.92. The molecule has 0 atom stereocenters. The smallest absolute Gasteiger partial charge is 0.292 e. The fraction of sp³-hybridized carbons (Fsp3) is 0.333. The quantitative estimate of drug-likeness (QED) is 0.460. The third-order valence-corrected chi connectivity index (χ3v) is 2.10. The lowest BCUT2D eigenvalue weighted by Crippen LogP contribution is -2.08. The summed E-state index contributed by atoms with van der Waals surface area (Å²) in [5, 5.41) is 0. The summed E-state index contributed by atoms with van der Waals surface area (Å²) in [6, 6.07) is 1.93. The highest BCUT2D eigenvalue weighted by molar-refractivity contribution is 5.94. The van der Waals surface area contributed by atoms with Crippen LogP contribution in [0.15, 0.2) is 18.3 Å². The van der Waals surface area contributed by atoms with Crippen LogP contribution in [0.3, 0.4) is 0 Å². The first-order chi connectivity index (χ1) is 7.95. The molecule has 0 radical (unpaired) electrons. The number of hydrogen-bond acceptors (Lipinski definition) is 2. The van der Waals surface area contributed by atoms with Gasteiger partial charge in [-0.05, 0) is 18.6 Å². The number of hydrogen-bond donors (Lipinski definition) is 0. The summed E-state index contributed by atoms with van der Waals surface area (Å²) in [6.07, 6.45) is 2.42. The van der Waals surface area contributed by atoms with Crippen molar-refractivity contribution in [2.75, 3.05) is 0 Å². The molecule has 1 aromatic rings. The number of unbranched alkanes of at least 4 members (excludes halogenated alkanes) is 1. The van der Waals surface area contributed by atoms with E-state index in [1.54, 1.807) is 0 Å². The van der Waals surface area contributed by atoms with Crippen LogP contribution in [-0.2, 0) is 6.18 Å². The molecule has 0 aliphatic carbocycles. The molecule has 1 heterocycles. The second kappa shape index (κ2) is 5.48. The minimum absolute atomic E-state index is 0.0371. The van der Waals surface area contributed by atoms with Gasteiger partial charge in [0.05, 0.1) is 5.56 Å². The molecule has 1 rings (SSSR count). The van der Waals surface area contributed by atoms with E-state index < -0.39 is 11.7 Å². The molecular weight excluding hydrogens is 231 g/mol. The van der Waals surface area contributed by atoms with Gasteiger partial charge < -0.3 is 0 Å². The molecule has 2 nitrogen and oxygen atoms in total. The number of nitrogens with zero attached hydrogens (tertiary/aromatic N) is 1. The van der Waals surface area contributed by atoms with Crippen molar-refractivity contribution >= 4 is 5.78 Å². The van der Waals surface area contributed by atoms with Crippen LogP contribution in [0.1, 0.15) is 35.3 Å². The topological polar surface area (TPSA) is 30.0 Å². The highest BCUT2D eigenvalue weighted by atomic mass is 19.4. The molecule has 0 aliphatic heterocycles. The molecule has 0 unspecified atom stereocenters. The van der Waals surface area contributed by atoms with Crippen LogP contribution in [0.5, 0.6) is 0 Å². The monoisotopic (exact) mass is 241 g/mol. The minimum Gasteiger partial charge on any atom is -0.292 e. The zero-order chi connectivity index (χ0) is 12.9. The molecule has 0 spiro atoms. The summed E-state index contributed by atoms with van der Waals surface area (Å²) in [4.78, 5) is 15.0. The van der Waals surface area contributed by atoms with Gasteiger partial charge in [-0.15, -0.1) is 12.3 Å². The van der Waals surface area contributed by atoms with Crippen molar-refractivity contribution in [1.82, 2.24) is 4.98 Å². The Morgan fingerprint density at radius 1 is 1.41 bits per heavy atom. The molecule has 0 N–H and O–H groups in total. The van der Waals surface area contributed by atoms with Crippen LogP contribution in [0.25, 0.3) is 0 Å². The molecule has 0 aliphatic rings. The Hall–Kier alpha value is -1.83. The van der Waals surface area contributed by atoms with E-state index in [1.165, 1.54) is 0 Å². The lowest BCUT2D eigenvalue weighted by Gasteiger charge is -2.06. The average Bonchev–Trinajstić information content (AvgIpc) is 2.28. The predicted molar refractivity (Wildman–Crippen MR) is 56.3 cm³/mol. The molecule has 1 aromatic heterocycles. The van der Waals surface area contributed by atoms with E-state index in [0.717, 1.165) is 12.1 Å². The molecule has 0 bridgehead atoms. The van der Waals surface area contributed by atoms with Crippen LogP contribution >= 0.6 is 0 Å². The van der Waals surface area contributed by atoms with Crippen molar-refractivity contribution in [3.63, 3.8) is 0 Å². The van der Waals surface area contributed by atoms with E-state index in [1.807, 2.05) is 0 Å². The molecular formula is C12H10F3NO. The molecule has 0 amide bonds. The van der Waals surface area contributed by atoms with Gasteiger partial charge in [-0.2, -0.15) is 13.2 Å². The highest BCUT2D eigenvalue weighted by Crippen LogP contribution is 2.28. The molecule has 17 heavy (non-hydrogen) atoms. The Bertz CT molecular complexity index is 429. The third-order valence-electron chi connectivity index (χ3n) is 2.10. The number of carbonyl (C=O) groups is 1. The van der Waals surface area contributed by atoms with Crippen LogP contribution in [0.4, 0.5) is 13.2 Å².